The number of allylic oxidation sites excluding steroid dienone is 1. The molecule has 1 amide bonds. The topological polar surface area (TPSA) is 29.1 Å². The fourth-order valence-electron chi connectivity index (χ4n) is 1.27. The van der Waals surface area contributed by atoms with E-state index >= 15 is 0 Å². The van der Waals surface area contributed by atoms with Gasteiger partial charge in [0, 0.05) is 5.02 Å². The Morgan fingerprint density at radius 3 is 2.87 bits per heavy atom. The summed E-state index contributed by atoms with van der Waals surface area (Å²) >= 11 is 5.86. The van der Waals surface area contributed by atoms with Crippen molar-refractivity contribution in [2.24, 2.45) is 0 Å². The smallest absolute Gasteiger partial charge is 0.244 e. The maximum atomic E-state index is 11.3. The molecule has 0 heterocycles. The van der Waals surface area contributed by atoms with Gasteiger partial charge in [0.05, 0.1) is 6.04 Å². The molecule has 0 saturated carbocycles. The number of nitrogens with one attached hydrogen (secondary N) is 1. The van der Waals surface area contributed by atoms with Gasteiger partial charge in [-0.05, 0) is 37.6 Å². The van der Waals surface area contributed by atoms with E-state index in [1.165, 1.54) is 6.08 Å². The van der Waals surface area contributed by atoms with Crippen molar-refractivity contribution in [3.63, 3.8) is 0 Å². The molecule has 0 unspecified atom stereocenters. The molecule has 0 aliphatic rings. The van der Waals surface area contributed by atoms with E-state index in [4.69, 9.17) is 11.6 Å². The largest absolute Gasteiger partial charge is 0.346 e. The zero-order chi connectivity index (χ0) is 11.3. The fraction of sp³-hybridized carbons (Fsp3) is 0.250. The van der Waals surface area contributed by atoms with Crippen molar-refractivity contribution >= 4 is 17.5 Å². The van der Waals surface area contributed by atoms with Crippen molar-refractivity contribution in [3.05, 3.63) is 47.0 Å². The van der Waals surface area contributed by atoms with Gasteiger partial charge in [-0.15, -0.1) is 0 Å². The average Bonchev–Trinajstić information content (AvgIpc) is 2.18. The van der Waals surface area contributed by atoms with Crippen LogP contribution in [0.15, 0.2) is 36.4 Å². The van der Waals surface area contributed by atoms with E-state index < -0.39 is 0 Å². The van der Waals surface area contributed by atoms with Crippen molar-refractivity contribution in [2.45, 2.75) is 19.9 Å². The first-order valence-corrected chi connectivity index (χ1v) is 5.20. The van der Waals surface area contributed by atoms with Crippen LogP contribution in [-0.4, -0.2) is 5.91 Å². The van der Waals surface area contributed by atoms with E-state index in [9.17, 15) is 4.79 Å². The van der Waals surface area contributed by atoms with Crippen LogP contribution in [0.4, 0.5) is 0 Å². The Morgan fingerprint density at radius 1 is 1.53 bits per heavy atom. The molecule has 0 radical (unpaired) electrons. The van der Waals surface area contributed by atoms with E-state index in [1.54, 1.807) is 6.08 Å². The zero-order valence-corrected chi connectivity index (χ0v) is 9.58. The molecule has 0 aliphatic heterocycles. The molecule has 1 aromatic carbocycles. The van der Waals surface area contributed by atoms with Gasteiger partial charge in [-0.3, -0.25) is 4.79 Å². The highest BCUT2D eigenvalue weighted by molar-refractivity contribution is 6.30. The van der Waals surface area contributed by atoms with Crippen LogP contribution in [0, 0.1) is 0 Å². The second kappa shape index (κ2) is 5.56. The highest BCUT2D eigenvalue weighted by Gasteiger charge is 2.06. The molecule has 1 atom stereocenters. The molecule has 0 aromatic heterocycles. The van der Waals surface area contributed by atoms with Gasteiger partial charge in [-0.1, -0.05) is 29.8 Å². The Labute approximate surface area is 94.9 Å². The molecule has 0 spiro atoms. The normalized spacial score (nSPS) is 12.7. The minimum Gasteiger partial charge on any atom is -0.346 e. The maximum Gasteiger partial charge on any atom is 0.244 e. The van der Waals surface area contributed by atoms with Crippen LogP contribution in [0.5, 0.6) is 0 Å². The van der Waals surface area contributed by atoms with Gasteiger partial charge in [0.1, 0.15) is 0 Å². The van der Waals surface area contributed by atoms with E-state index in [1.807, 2.05) is 38.1 Å². The molecule has 3 heteroatoms. The lowest BCUT2D eigenvalue weighted by Gasteiger charge is -2.12. The van der Waals surface area contributed by atoms with Crippen molar-refractivity contribution in [3.8, 4) is 0 Å². The average molecular weight is 224 g/mol. The minimum absolute atomic E-state index is 0.0348. The van der Waals surface area contributed by atoms with Crippen molar-refractivity contribution < 1.29 is 4.79 Å². The SMILES string of the molecule is C/C=C/C(=O)N[C@@H](C)c1cccc(Cl)c1. The third-order valence-corrected chi connectivity index (χ3v) is 2.26. The summed E-state index contributed by atoms with van der Waals surface area (Å²) in [5.41, 5.74) is 1.00. The predicted octanol–water partition coefficient (Wildman–Crippen LogP) is 3.09. The van der Waals surface area contributed by atoms with Crippen molar-refractivity contribution in [2.75, 3.05) is 0 Å². The minimum atomic E-state index is -0.0926. The van der Waals surface area contributed by atoms with Gasteiger partial charge in [-0.2, -0.15) is 0 Å². The van der Waals surface area contributed by atoms with Gasteiger partial charge >= 0.3 is 0 Å². The maximum absolute atomic E-state index is 11.3. The lowest BCUT2D eigenvalue weighted by atomic mass is 10.1. The molecule has 1 N–H and O–H groups in total. The van der Waals surface area contributed by atoms with Gasteiger partial charge in [0.2, 0.25) is 5.91 Å². The van der Waals surface area contributed by atoms with Gasteiger partial charge in [0.25, 0.3) is 0 Å². The summed E-state index contributed by atoms with van der Waals surface area (Å²) in [6, 6.07) is 7.43. The molecule has 0 aliphatic carbocycles. The van der Waals surface area contributed by atoms with Gasteiger partial charge in [-0.25, -0.2) is 0 Å². The van der Waals surface area contributed by atoms with Crippen LogP contribution in [0.25, 0.3) is 0 Å². The van der Waals surface area contributed by atoms with Crippen LogP contribution >= 0.6 is 11.6 Å². The van der Waals surface area contributed by atoms with Crippen LogP contribution in [0.1, 0.15) is 25.5 Å². The highest BCUT2D eigenvalue weighted by Crippen LogP contribution is 2.17. The highest BCUT2D eigenvalue weighted by atomic mass is 35.5. The Hall–Kier alpha value is -1.28. The first-order valence-electron chi connectivity index (χ1n) is 4.82. The second-order valence-corrected chi connectivity index (χ2v) is 3.72. The molecular formula is C12H14ClNO. The van der Waals surface area contributed by atoms with E-state index in [0.29, 0.717) is 5.02 Å². The summed E-state index contributed by atoms with van der Waals surface area (Å²) in [5.74, 6) is -0.0926. The molecule has 0 saturated heterocycles. The van der Waals surface area contributed by atoms with Crippen molar-refractivity contribution in [1.82, 2.24) is 5.32 Å². The van der Waals surface area contributed by atoms with Crippen LogP contribution < -0.4 is 5.32 Å². The quantitative estimate of drug-likeness (QED) is 0.784. The Morgan fingerprint density at radius 2 is 2.27 bits per heavy atom. The summed E-state index contributed by atoms with van der Waals surface area (Å²) in [4.78, 5) is 11.3. The molecule has 0 bridgehead atoms. The first-order chi connectivity index (χ1) is 7.13. The standard InChI is InChI=1S/C12H14ClNO/c1-3-5-12(15)14-9(2)10-6-4-7-11(13)8-10/h3-9H,1-2H3,(H,14,15)/b5-3+/t9-/m0/s1. The molecular weight excluding hydrogens is 210 g/mol. The van der Waals surface area contributed by atoms with Crippen LogP contribution in [0.3, 0.4) is 0 Å². The van der Waals surface area contributed by atoms with E-state index in [0.717, 1.165) is 5.56 Å². The van der Waals surface area contributed by atoms with Crippen molar-refractivity contribution in [1.29, 1.82) is 0 Å². The molecule has 2 nitrogen and oxygen atoms in total. The summed E-state index contributed by atoms with van der Waals surface area (Å²) in [5, 5.41) is 3.52. The van der Waals surface area contributed by atoms with E-state index in [2.05, 4.69) is 5.32 Å². The monoisotopic (exact) mass is 223 g/mol. The van der Waals surface area contributed by atoms with Crippen LogP contribution in [0.2, 0.25) is 5.02 Å². The summed E-state index contributed by atoms with van der Waals surface area (Å²) < 4.78 is 0. The molecule has 1 aromatic rings. The Balaban J connectivity index is 2.68. The lowest BCUT2D eigenvalue weighted by Crippen LogP contribution is -2.24. The van der Waals surface area contributed by atoms with E-state index in [-0.39, 0.29) is 11.9 Å². The summed E-state index contributed by atoms with van der Waals surface area (Å²) in [6.45, 7) is 3.73. The number of carbonyl (C=O) groups excluding carboxylic acids is 1. The number of carbonyl (C=O) groups is 1. The zero-order valence-electron chi connectivity index (χ0n) is 8.83. The number of hydrogen-bond donors (Lipinski definition) is 1. The van der Waals surface area contributed by atoms with Gasteiger partial charge < -0.3 is 5.32 Å². The summed E-state index contributed by atoms with van der Waals surface area (Å²) in [7, 11) is 0. The first kappa shape index (κ1) is 11.8. The molecule has 80 valence electrons. The number of benzene rings is 1. The molecule has 1 rings (SSSR count). The number of amides is 1. The fourth-order valence-corrected chi connectivity index (χ4v) is 1.47. The predicted molar refractivity (Wildman–Crippen MR) is 62.8 cm³/mol. The van der Waals surface area contributed by atoms with Gasteiger partial charge in [0.15, 0.2) is 0 Å². The molecule has 15 heavy (non-hydrogen) atoms. The Kier molecular flexibility index (Phi) is 4.37. The second-order valence-electron chi connectivity index (χ2n) is 3.29. The third kappa shape index (κ3) is 3.76. The Bertz CT molecular complexity index is 374. The number of hydrogen-bond acceptors (Lipinski definition) is 1. The molecule has 0 fully saturated rings. The number of rotatable bonds is 3. The lowest BCUT2D eigenvalue weighted by molar-refractivity contribution is -0.117. The third-order valence-electron chi connectivity index (χ3n) is 2.03. The van der Waals surface area contributed by atoms with Crippen LogP contribution in [-0.2, 0) is 4.79 Å². The number of halogens is 1. The summed E-state index contributed by atoms with van der Waals surface area (Å²) in [6.07, 6.45) is 3.21.